The number of carbonyl (C=O) groups is 2. The zero-order valence-corrected chi connectivity index (χ0v) is 15.0. The van der Waals surface area contributed by atoms with Crippen molar-refractivity contribution in [2.75, 3.05) is 26.3 Å². The highest BCUT2D eigenvalue weighted by Gasteiger charge is 2.24. The number of rotatable bonds is 4. The molecule has 0 saturated carbocycles. The Morgan fingerprint density at radius 3 is 2.69 bits per heavy atom. The monoisotopic (exact) mass is 356 g/mol. The third-order valence-corrected chi connectivity index (χ3v) is 5.29. The van der Waals surface area contributed by atoms with Crippen LogP contribution in [-0.2, 0) is 33.6 Å². The quantitative estimate of drug-likeness (QED) is 0.907. The topological polar surface area (TPSA) is 71.8 Å². The molecule has 4 rings (SSSR count). The molecular weight excluding hydrogens is 332 g/mol. The Morgan fingerprint density at radius 1 is 1.19 bits per heavy atom. The van der Waals surface area contributed by atoms with Crippen molar-refractivity contribution in [2.24, 2.45) is 0 Å². The van der Waals surface area contributed by atoms with Crippen LogP contribution in [0.15, 0.2) is 22.8 Å². The highest BCUT2D eigenvalue weighted by Crippen LogP contribution is 2.30. The fourth-order valence-corrected chi connectivity index (χ4v) is 3.87. The smallest absolute Gasteiger partial charge is 0.245 e. The Kier molecular flexibility index (Phi) is 4.68. The molecule has 2 aromatic rings. The van der Waals surface area contributed by atoms with Crippen LogP contribution in [0.1, 0.15) is 30.0 Å². The third kappa shape index (κ3) is 3.33. The van der Waals surface area contributed by atoms with Crippen LogP contribution in [0.5, 0.6) is 0 Å². The van der Waals surface area contributed by atoms with E-state index in [-0.39, 0.29) is 18.2 Å². The molecule has 1 fully saturated rings. The lowest BCUT2D eigenvalue weighted by molar-refractivity contribution is -0.139. The summed E-state index contributed by atoms with van der Waals surface area (Å²) in [5, 5.41) is 3.83. The van der Waals surface area contributed by atoms with Gasteiger partial charge in [-0.25, -0.2) is 0 Å². The summed E-state index contributed by atoms with van der Waals surface area (Å²) in [5.74, 6) is -0.223. The second kappa shape index (κ2) is 7.11. The minimum atomic E-state index is -0.539. The summed E-state index contributed by atoms with van der Waals surface area (Å²) < 4.78 is 10.9. The van der Waals surface area contributed by atoms with Crippen molar-refractivity contribution < 1.29 is 18.7 Å². The maximum absolute atomic E-state index is 12.4. The molecule has 1 aromatic heterocycles. The Balaban J connectivity index is 1.41. The molecule has 1 aliphatic carbocycles. The van der Waals surface area contributed by atoms with Crippen LogP contribution in [0.3, 0.4) is 0 Å². The number of hydrogen-bond acceptors (Lipinski definition) is 4. The fourth-order valence-electron chi connectivity index (χ4n) is 3.87. The van der Waals surface area contributed by atoms with Crippen molar-refractivity contribution in [3.05, 3.63) is 35.1 Å². The van der Waals surface area contributed by atoms with E-state index in [1.54, 1.807) is 18.1 Å². The molecule has 0 radical (unpaired) electrons. The zero-order valence-electron chi connectivity index (χ0n) is 15.0. The van der Waals surface area contributed by atoms with E-state index >= 15 is 0 Å². The summed E-state index contributed by atoms with van der Waals surface area (Å²) in [6.07, 6.45) is 5.25. The van der Waals surface area contributed by atoms with Gasteiger partial charge < -0.3 is 19.4 Å². The molecule has 1 N–H and O–H groups in total. The summed E-state index contributed by atoms with van der Waals surface area (Å²) in [4.78, 5) is 26.6. The maximum atomic E-state index is 12.4. The second-order valence-electron chi connectivity index (χ2n) is 7.14. The van der Waals surface area contributed by atoms with Crippen molar-refractivity contribution in [3.8, 4) is 0 Å². The van der Waals surface area contributed by atoms with Gasteiger partial charge >= 0.3 is 0 Å². The van der Waals surface area contributed by atoms with Gasteiger partial charge in [0.1, 0.15) is 11.6 Å². The fraction of sp³-hybridized carbons (Fsp3) is 0.500. The summed E-state index contributed by atoms with van der Waals surface area (Å²) >= 11 is 0. The van der Waals surface area contributed by atoms with Gasteiger partial charge in [-0.15, -0.1) is 0 Å². The molecule has 6 nitrogen and oxygen atoms in total. The van der Waals surface area contributed by atoms with E-state index in [9.17, 15) is 9.59 Å². The van der Waals surface area contributed by atoms with Crippen molar-refractivity contribution in [1.29, 1.82) is 0 Å². The first-order valence-electron chi connectivity index (χ1n) is 9.29. The number of hydrogen-bond donors (Lipinski definition) is 1. The normalized spacial score (nSPS) is 18.0. The largest absolute Gasteiger partial charge is 0.464 e. The Hall–Kier alpha value is -2.34. The van der Waals surface area contributed by atoms with Gasteiger partial charge in [0.2, 0.25) is 11.8 Å². The second-order valence-corrected chi connectivity index (χ2v) is 7.14. The first-order valence-corrected chi connectivity index (χ1v) is 9.29. The van der Waals surface area contributed by atoms with E-state index in [1.807, 2.05) is 0 Å². The van der Waals surface area contributed by atoms with Gasteiger partial charge in [0.25, 0.3) is 0 Å². The molecule has 6 heteroatoms. The lowest BCUT2D eigenvalue weighted by atomic mass is 10.0. The molecule has 26 heavy (non-hydrogen) atoms. The molecular formula is C20H24N2O4. The minimum absolute atomic E-state index is 0.0588. The number of furan rings is 1. The zero-order chi connectivity index (χ0) is 18.1. The van der Waals surface area contributed by atoms with Gasteiger partial charge in [-0.1, -0.05) is 0 Å². The van der Waals surface area contributed by atoms with Crippen LogP contribution in [-0.4, -0.2) is 49.1 Å². The molecule has 1 saturated heterocycles. The third-order valence-electron chi connectivity index (χ3n) is 5.29. The number of aryl methyl sites for hydroxylation is 2. The SMILES string of the molecule is CC(NC(=O)Cc1coc2cc3c(cc12)CCC3)C(=O)N1CCOCC1. The first-order chi connectivity index (χ1) is 12.6. The van der Waals surface area contributed by atoms with E-state index in [1.165, 1.54) is 17.5 Å². The molecule has 0 spiro atoms. The summed E-state index contributed by atoms with van der Waals surface area (Å²) in [6, 6.07) is 3.72. The summed E-state index contributed by atoms with van der Waals surface area (Å²) in [7, 11) is 0. The van der Waals surface area contributed by atoms with Crippen LogP contribution in [0, 0.1) is 0 Å². The van der Waals surface area contributed by atoms with E-state index < -0.39 is 6.04 Å². The lowest BCUT2D eigenvalue weighted by Crippen LogP contribution is -2.50. The average Bonchev–Trinajstić information content (AvgIpc) is 3.26. The number of amides is 2. The van der Waals surface area contributed by atoms with Gasteiger partial charge in [-0.3, -0.25) is 9.59 Å². The van der Waals surface area contributed by atoms with Crippen molar-refractivity contribution in [2.45, 2.75) is 38.6 Å². The number of ether oxygens (including phenoxy) is 1. The number of carbonyl (C=O) groups excluding carboxylic acids is 2. The molecule has 1 aromatic carbocycles. The van der Waals surface area contributed by atoms with Gasteiger partial charge in [0.05, 0.1) is 25.9 Å². The molecule has 1 unspecified atom stereocenters. The van der Waals surface area contributed by atoms with E-state index in [0.29, 0.717) is 26.3 Å². The van der Waals surface area contributed by atoms with Gasteiger partial charge in [0, 0.05) is 24.0 Å². The minimum Gasteiger partial charge on any atom is -0.464 e. The predicted molar refractivity (Wildman–Crippen MR) is 96.9 cm³/mol. The van der Waals surface area contributed by atoms with Crippen molar-refractivity contribution in [3.63, 3.8) is 0 Å². The van der Waals surface area contributed by atoms with Crippen LogP contribution >= 0.6 is 0 Å². The Bertz CT molecular complexity index is 836. The van der Waals surface area contributed by atoms with E-state index in [4.69, 9.17) is 9.15 Å². The van der Waals surface area contributed by atoms with Crippen molar-refractivity contribution in [1.82, 2.24) is 10.2 Å². The molecule has 2 heterocycles. The Morgan fingerprint density at radius 2 is 1.92 bits per heavy atom. The molecule has 0 bridgehead atoms. The van der Waals surface area contributed by atoms with Crippen LogP contribution in [0.4, 0.5) is 0 Å². The van der Waals surface area contributed by atoms with Crippen LogP contribution < -0.4 is 5.32 Å². The number of nitrogens with zero attached hydrogens (tertiary/aromatic N) is 1. The molecule has 2 amide bonds. The van der Waals surface area contributed by atoms with Gasteiger partial charge in [-0.2, -0.15) is 0 Å². The number of benzene rings is 1. The summed E-state index contributed by atoms with van der Waals surface area (Å²) in [6.45, 7) is 4.00. The molecule has 1 atom stereocenters. The summed E-state index contributed by atoms with van der Waals surface area (Å²) in [5.41, 5.74) is 4.42. The van der Waals surface area contributed by atoms with E-state index in [2.05, 4.69) is 17.4 Å². The van der Waals surface area contributed by atoms with Crippen LogP contribution in [0.25, 0.3) is 11.0 Å². The number of fused-ring (bicyclic) bond motifs is 2. The van der Waals surface area contributed by atoms with Gasteiger partial charge in [0.15, 0.2) is 0 Å². The Labute approximate surface area is 152 Å². The number of nitrogens with one attached hydrogen (secondary N) is 1. The maximum Gasteiger partial charge on any atom is 0.245 e. The number of morpholine rings is 1. The lowest BCUT2D eigenvalue weighted by Gasteiger charge is -2.29. The van der Waals surface area contributed by atoms with Crippen molar-refractivity contribution >= 4 is 22.8 Å². The first kappa shape index (κ1) is 17.1. The highest BCUT2D eigenvalue weighted by molar-refractivity contribution is 5.91. The van der Waals surface area contributed by atoms with Crippen LogP contribution in [0.2, 0.25) is 0 Å². The molecule has 2 aliphatic rings. The van der Waals surface area contributed by atoms with E-state index in [0.717, 1.165) is 29.4 Å². The highest BCUT2D eigenvalue weighted by atomic mass is 16.5. The molecule has 1 aliphatic heterocycles. The average molecular weight is 356 g/mol. The standard InChI is InChI=1S/C20H24N2O4/c1-13(20(24)22-5-7-25-8-6-22)21-19(23)11-16-12-26-18-10-15-4-2-3-14(15)9-17(16)18/h9-10,12-13H,2-8,11H2,1H3,(H,21,23). The van der Waals surface area contributed by atoms with Gasteiger partial charge in [-0.05, 0) is 49.4 Å². The molecule has 138 valence electrons. The predicted octanol–water partition coefficient (Wildman–Crippen LogP) is 1.83.